The van der Waals surface area contributed by atoms with Gasteiger partial charge in [-0.25, -0.2) is 21.6 Å². The average Bonchev–Trinajstić information content (AvgIpc) is 2.62. The summed E-state index contributed by atoms with van der Waals surface area (Å²) in [6, 6.07) is 0. The summed E-state index contributed by atoms with van der Waals surface area (Å²) in [5.74, 6) is -1.53. The molecule has 0 bridgehead atoms. The summed E-state index contributed by atoms with van der Waals surface area (Å²) in [6.07, 6.45) is 20.2. The number of unbranched alkanes of at least 4 members (excludes halogenated alkanes) is 15. The standard InChI is InChI=1S/C20H43NO5S2.Na/c1-2-3-4-5-6-7-8-9-10-11-12-13-14-15-16-17-18-21-27(22,23)19-20-28(24,25)26;/h21H,2-20H2,1H3,(H,24,25,26);/q;+1/p-1. The maximum Gasteiger partial charge on any atom is 1.00 e. The zero-order chi connectivity index (χ0) is 21.1. The maximum atomic E-state index is 11.5. The zero-order valence-corrected chi connectivity index (χ0v) is 22.4. The van der Waals surface area contributed by atoms with E-state index in [1.165, 1.54) is 83.5 Å². The van der Waals surface area contributed by atoms with E-state index >= 15 is 0 Å². The Bertz CT molecular complexity index is 553. The van der Waals surface area contributed by atoms with Crippen LogP contribution in [0.3, 0.4) is 0 Å². The monoisotopic (exact) mass is 463 g/mol. The van der Waals surface area contributed by atoms with Crippen LogP contribution < -0.4 is 34.3 Å². The SMILES string of the molecule is CCCCCCCCCCCCCCCCCCNS(=O)(=O)CCS(=O)(=O)[O-].[Na+]. The molecule has 0 radical (unpaired) electrons. The minimum absolute atomic E-state index is 0. The molecule has 0 aromatic heterocycles. The second-order valence-corrected chi connectivity index (χ2v) is 11.2. The Morgan fingerprint density at radius 3 is 1.28 bits per heavy atom. The van der Waals surface area contributed by atoms with Gasteiger partial charge in [0.15, 0.2) is 0 Å². The van der Waals surface area contributed by atoms with Gasteiger partial charge in [-0.3, -0.25) is 0 Å². The summed E-state index contributed by atoms with van der Waals surface area (Å²) in [4.78, 5) is 0. The Hall–Kier alpha value is 0.820. The molecule has 9 heteroatoms. The summed E-state index contributed by atoms with van der Waals surface area (Å²) in [7, 11) is -8.15. The number of rotatable bonds is 21. The third-order valence-corrected chi connectivity index (χ3v) is 7.30. The summed E-state index contributed by atoms with van der Waals surface area (Å²) in [6.45, 7) is 2.56. The molecule has 0 atom stereocenters. The number of hydrogen-bond donors (Lipinski definition) is 1. The van der Waals surface area contributed by atoms with E-state index in [0.717, 1.165) is 19.3 Å². The molecule has 0 aliphatic carbocycles. The van der Waals surface area contributed by atoms with Gasteiger partial charge in [0.25, 0.3) is 0 Å². The normalized spacial score (nSPS) is 12.1. The molecule has 0 unspecified atom stereocenters. The van der Waals surface area contributed by atoms with E-state index in [9.17, 15) is 21.4 Å². The maximum absolute atomic E-state index is 11.5. The van der Waals surface area contributed by atoms with Gasteiger partial charge in [0.1, 0.15) is 0 Å². The van der Waals surface area contributed by atoms with Gasteiger partial charge in [-0.15, -0.1) is 0 Å². The van der Waals surface area contributed by atoms with Crippen molar-refractivity contribution in [2.24, 2.45) is 0 Å². The molecule has 0 aromatic rings. The smallest absolute Gasteiger partial charge is 0.748 e. The minimum Gasteiger partial charge on any atom is -0.748 e. The fourth-order valence-corrected chi connectivity index (χ4v) is 5.48. The van der Waals surface area contributed by atoms with Gasteiger partial charge in [-0.2, -0.15) is 0 Å². The van der Waals surface area contributed by atoms with Crippen LogP contribution in [-0.2, 0) is 20.1 Å². The molecule has 0 spiro atoms. The van der Waals surface area contributed by atoms with E-state index in [1.807, 2.05) is 0 Å². The topological polar surface area (TPSA) is 103 Å². The van der Waals surface area contributed by atoms with Gasteiger partial charge in [0.2, 0.25) is 10.0 Å². The fourth-order valence-electron chi connectivity index (χ4n) is 3.18. The van der Waals surface area contributed by atoms with Crippen molar-refractivity contribution < 1.29 is 50.9 Å². The Kier molecular flexibility index (Phi) is 22.9. The molecule has 0 aromatic carbocycles. The van der Waals surface area contributed by atoms with Crippen LogP contribution in [0.2, 0.25) is 0 Å². The van der Waals surface area contributed by atoms with E-state index in [-0.39, 0.29) is 29.6 Å². The van der Waals surface area contributed by atoms with Crippen LogP contribution in [0.25, 0.3) is 0 Å². The fraction of sp³-hybridized carbons (Fsp3) is 1.00. The van der Waals surface area contributed by atoms with Crippen LogP contribution >= 0.6 is 0 Å². The first-order chi connectivity index (χ1) is 13.3. The van der Waals surface area contributed by atoms with Crippen LogP contribution in [0.1, 0.15) is 110 Å². The summed E-state index contributed by atoms with van der Waals surface area (Å²) >= 11 is 0. The molecule has 0 aliphatic heterocycles. The van der Waals surface area contributed by atoms with Gasteiger partial charge < -0.3 is 4.55 Å². The van der Waals surface area contributed by atoms with E-state index < -0.39 is 31.6 Å². The van der Waals surface area contributed by atoms with Crippen molar-refractivity contribution in [3.63, 3.8) is 0 Å². The molecule has 0 fully saturated rings. The van der Waals surface area contributed by atoms with Crippen molar-refractivity contribution in [1.29, 1.82) is 0 Å². The van der Waals surface area contributed by atoms with Gasteiger partial charge in [-0.05, 0) is 6.42 Å². The largest absolute Gasteiger partial charge is 1.00 e. The molecule has 170 valence electrons. The molecule has 6 nitrogen and oxygen atoms in total. The van der Waals surface area contributed by atoms with E-state index in [1.54, 1.807) is 0 Å². The van der Waals surface area contributed by atoms with Gasteiger partial charge in [0, 0.05) is 6.54 Å². The van der Waals surface area contributed by atoms with Gasteiger partial charge in [-0.1, -0.05) is 103 Å². The average molecular weight is 464 g/mol. The first kappa shape index (κ1) is 32.0. The van der Waals surface area contributed by atoms with Crippen molar-refractivity contribution in [3.8, 4) is 0 Å². The predicted octanol–water partition coefficient (Wildman–Crippen LogP) is 1.72. The van der Waals surface area contributed by atoms with Crippen LogP contribution in [0, 0.1) is 0 Å². The van der Waals surface area contributed by atoms with Crippen molar-refractivity contribution in [2.75, 3.05) is 18.1 Å². The quantitative estimate of drug-likeness (QED) is 0.159. The van der Waals surface area contributed by atoms with E-state index in [0.29, 0.717) is 6.54 Å². The third kappa shape index (κ3) is 26.8. The van der Waals surface area contributed by atoms with Crippen molar-refractivity contribution >= 4 is 20.1 Å². The van der Waals surface area contributed by atoms with Crippen molar-refractivity contribution in [3.05, 3.63) is 0 Å². The van der Waals surface area contributed by atoms with Crippen LogP contribution in [-0.4, -0.2) is 39.4 Å². The summed E-state index contributed by atoms with van der Waals surface area (Å²) in [5, 5.41) is 0. The van der Waals surface area contributed by atoms with E-state index in [4.69, 9.17) is 0 Å². The van der Waals surface area contributed by atoms with Crippen LogP contribution in [0.5, 0.6) is 0 Å². The zero-order valence-electron chi connectivity index (χ0n) is 18.8. The Balaban J connectivity index is 0. The summed E-state index contributed by atoms with van der Waals surface area (Å²) < 4.78 is 56.8. The Morgan fingerprint density at radius 2 is 0.931 bits per heavy atom. The third-order valence-electron chi connectivity index (χ3n) is 4.95. The molecule has 29 heavy (non-hydrogen) atoms. The van der Waals surface area contributed by atoms with Crippen molar-refractivity contribution in [1.82, 2.24) is 4.72 Å². The summed E-state index contributed by atoms with van der Waals surface area (Å²) in [5.41, 5.74) is 0. The molecule has 0 aliphatic rings. The van der Waals surface area contributed by atoms with Gasteiger partial charge >= 0.3 is 29.6 Å². The molecule has 1 N–H and O–H groups in total. The minimum atomic E-state index is -4.49. The van der Waals surface area contributed by atoms with Crippen LogP contribution in [0.15, 0.2) is 0 Å². The second kappa shape index (κ2) is 20.7. The second-order valence-electron chi connectivity index (χ2n) is 7.78. The molecule has 0 heterocycles. The number of sulfonamides is 1. The van der Waals surface area contributed by atoms with Crippen molar-refractivity contribution in [2.45, 2.75) is 110 Å². The first-order valence-electron chi connectivity index (χ1n) is 11.2. The molecule has 0 saturated heterocycles. The molecular weight excluding hydrogens is 421 g/mol. The Morgan fingerprint density at radius 1 is 0.586 bits per heavy atom. The number of hydrogen-bond acceptors (Lipinski definition) is 5. The molecule has 0 amide bonds. The van der Waals surface area contributed by atoms with E-state index in [2.05, 4.69) is 11.6 Å². The Labute approximate surface area is 202 Å². The van der Waals surface area contributed by atoms with Crippen LogP contribution in [0.4, 0.5) is 0 Å². The molecule has 0 rings (SSSR count). The first-order valence-corrected chi connectivity index (χ1v) is 14.4. The predicted molar refractivity (Wildman–Crippen MR) is 116 cm³/mol. The van der Waals surface area contributed by atoms with Gasteiger partial charge in [0.05, 0.1) is 21.6 Å². The molecular formula is C20H42NNaO5S2. The number of nitrogens with one attached hydrogen (secondary N) is 1. The molecule has 0 saturated carbocycles.